The van der Waals surface area contributed by atoms with E-state index < -0.39 is 11.9 Å². The first-order chi connectivity index (χ1) is 11.8. The Morgan fingerprint density at radius 3 is 2.08 bits per heavy atom. The van der Waals surface area contributed by atoms with Gasteiger partial charge in [-0.25, -0.2) is 4.79 Å². The minimum atomic E-state index is -0.534. The van der Waals surface area contributed by atoms with Gasteiger partial charge in [0, 0.05) is 18.3 Å². The number of aryl methyl sites for hydroxylation is 2. The van der Waals surface area contributed by atoms with Crippen molar-refractivity contribution in [3.8, 4) is 0 Å². The number of hydrogen-bond acceptors (Lipinski definition) is 4. The summed E-state index contributed by atoms with van der Waals surface area (Å²) in [7, 11) is 0. The molecule has 6 heteroatoms. The molecule has 130 valence electrons. The van der Waals surface area contributed by atoms with Crippen LogP contribution in [0.1, 0.15) is 28.4 Å². The maximum atomic E-state index is 12.0. The van der Waals surface area contributed by atoms with Gasteiger partial charge in [-0.05, 0) is 49.7 Å². The fraction of sp³-hybridized carbons (Fsp3) is 0.211. The third-order valence-electron chi connectivity index (χ3n) is 3.43. The van der Waals surface area contributed by atoms with Crippen LogP contribution in [0.15, 0.2) is 42.5 Å². The number of anilines is 2. The Morgan fingerprint density at radius 2 is 1.52 bits per heavy atom. The molecule has 2 amide bonds. The SMILES string of the molecule is CC(=O)Nc1ccc(NC(=O)COC(=O)c2ccc(C)cc2C)cc1. The Morgan fingerprint density at radius 1 is 0.920 bits per heavy atom. The molecule has 0 atom stereocenters. The average Bonchev–Trinajstić information content (AvgIpc) is 2.54. The third-order valence-corrected chi connectivity index (χ3v) is 3.43. The number of hydrogen-bond donors (Lipinski definition) is 2. The average molecular weight is 340 g/mol. The molecule has 2 rings (SSSR count). The van der Waals surface area contributed by atoms with Gasteiger partial charge in [0.1, 0.15) is 0 Å². The summed E-state index contributed by atoms with van der Waals surface area (Å²) in [5.74, 6) is -1.14. The number of benzene rings is 2. The Hall–Kier alpha value is -3.15. The van der Waals surface area contributed by atoms with Gasteiger partial charge in [-0.1, -0.05) is 17.7 Å². The molecule has 2 N–H and O–H groups in total. The summed E-state index contributed by atoms with van der Waals surface area (Å²) < 4.78 is 5.05. The molecule has 2 aromatic rings. The van der Waals surface area contributed by atoms with E-state index in [4.69, 9.17) is 4.74 Å². The fourth-order valence-electron chi connectivity index (χ4n) is 2.29. The van der Waals surface area contributed by atoms with Crippen molar-refractivity contribution in [2.45, 2.75) is 20.8 Å². The van der Waals surface area contributed by atoms with Crippen molar-refractivity contribution in [2.75, 3.05) is 17.2 Å². The van der Waals surface area contributed by atoms with E-state index in [2.05, 4.69) is 10.6 Å². The van der Waals surface area contributed by atoms with Gasteiger partial charge in [-0.15, -0.1) is 0 Å². The van der Waals surface area contributed by atoms with E-state index in [1.165, 1.54) is 6.92 Å². The molecule has 6 nitrogen and oxygen atoms in total. The largest absolute Gasteiger partial charge is 0.452 e. The zero-order valence-electron chi connectivity index (χ0n) is 14.4. The number of nitrogens with one attached hydrogen (secondary N) is 2. The van der Waals surface area contributed by atoms with Gasteiger partial charge < -0.3 is 15.4 Å². The summed E-state index contributed by atoms with van der Waals surface area (Å²) in [5.41, 5.74) is 3.47. The van der Waals surface area contributed by atoms with E-state index in [0.29, 0.717) is 16.9 Å². The quantitative estimate of drug-likeness (QED) is 0.819. The smallest absolute Gasteiger partial charge is 0.338 e. The lowest BCUT2D eigenvalue weighted by atomic mass is 10.1. The molecule has 0 aromatic heterocycles. The van der Waals surface area contributed by atoms with Crippen LogP contribution in [0.3, 0.4) is 0 Å². The summed E-state index contributed by atoms with van der Waals surface area (Å²) in [6.45, 7) is 4.80. The van der Waals surface area contributed by atoms with Crippen LogP contribution in [-0.4, -0.2) is 24.4 Å². The summed E-state index contributed by atoms with van der Waals surface area (Å²) in [5, 5.41) is 5.26. The van der Waals surface area contributed by atoms with Crippen molar-refractivity contribution < 1.29 is 19.1 Å². The highest BCUT2D eigenvalue weighted by Gasteiger charge is 2.12. The molecule has 0 aliphatic carbocycles. The van der Waals surface area contributed by atoms with Crippen LogP contribution in [0, 0.1) is 13.8 Å². The van der Waals surface area contributed by atoms with Gasteiger partial charge in [0.25, 0.3) is 5.91 Å². The molecule has 2 aromatic carbocycles. The van der Waals surface area contributed by atoms with Crippen LogP contribution < -0.4 is 10.6 Å². The van der Waals surface area contributed by atoms with Crippen molar-refractivity contribution in [1.82, 2.24) is 0 Å². The number of carbonyl (C=O) groups is 3. The second-order valence-corrected chi connectivity index (χ2v) is 5.70. The predicted octanol–water partition coefficient (Wildman–Crippen LogP) is 3.06. The molecule has 0 saturated heterocycles. The molecule has 0 saturated carbocycles. The molecule has 0 unspecified atom stereocenters. The van der Waals surface area contributed by atoms with E-state index >= 15 is 0 Å². The van der Waals surface area contributed by atoms with Gasteiger partial charge >= 0.3 is 5.97 Å². The van der Waals surface area contributed by atoms with Crippen LogP contribution in [0.25, 0.3) is 0 Å². The van der Waals surface area contributed by atoms with Crippen molar-refractivity contribution in [2.24, 2.45) is 0 Å². The first-order valence-electron chi connectivity index (χ1n) is 7.77. The molecule has 0 heterocycles. The number of carbonyl (C=O) groups excluding carboxylic acids is 3. The second-order valence-electron chi connectivity index (χ2n) is 5.70. The van der Waals surface area contributed by atoms with E-state index in [1.807, 2.05) is 26.0 Å². The van der Waals surface area contributed by atoms with Crippen molar-refractivity contribution in [3.63, 3.8) is 0 Å². The van der Waals surface area contributed by atoms with E-state index in [1.54, 1.807) is 30.3 Å². The van der Waals surface area contributed by atoms with Crippen molar-refractivity contribution in [1.29, 1.82) is 0 Å². The Kier molecular flexibility index (Phi) is 5.89. The van der Waals surface area contributed by atoms with Crippen LogP contribution in [0.4, 0.5) is 11.4 Å². The van der Waals surface area contributed by atoms with Crippen LogP contribution in [0.2, 0.25) is 0 Å². The van der Waals surface area contributed by atoms with Gasteiger partial charge in [-0.2, -0.15) is 0 Å². The standard InChI is InChI=1S/C19H20N2O4/c1-12-4-9-17(13(2)10-12)19(24)25-11-18(23)21-16-7-5-15(6-8-16)20-14(3)22/h4-10H,11H2,1-3H3,(H,20,22)(H,21,23). The van der Waals surface area contributed by atoms with E-state index in [-0.39, 0.29) is 12.5 Å². The third kappa shape index (κ3) is 5.46. The Bertz CT molecular complexity index is 798. The highest BCUT2D eigenvalue weighted by Crippen LogP contribution is 2.14. The predicted molar refractivity (Wildman–Crippen MR) is 95.6 cm³/mol. The summed E-state index contributed by atoms with van der Waals surface area (Å²) in [6, 6.07) is 12.0. The Labute approximate surface area is 146 Å². The number of ether oxygens (including phenoxy) is 1. The van der Waals surface area contributed by atoms with Gasteiger partial charge in [0.05, 0.1) is 5.56 Å². The van der Waals surface area contributed by atoms with Crippen LogP contribution in [-0.2, 0) is 14.3 Å². The van der Waals surface area contributed by atoms with E-state index in [9.17, 15) is 14.4 Å². The maximum absolute atomic E-state index is 12.0. The summed E-state index contributed by atoms with van der Waals surface area (Å²) in [6.07, 6.45) is 0. The lowest BCUT2D eigenvalue weighted by Gasteiger charge is -2.09. The molecule has 0 aliphatic heterocycles. The number of amides is 2. The molecule has 0 spiro atoms. The van der Waals surface area contributed by atoms with Crippen LogP contribution in [0.5, 0.6) is 0 Å². The zero-order valence-corrected chi connectivity index (χ0v) is 14.4. The highest BCUT2D eigenvalue weighted by molar-refractivity contribution is 5.96. The molecular weight excluding hydrogens is 320 g/mol. The lowest BCUT2D eigenvalue weighted by Crippen LogP contribution is -2.21. The highest BCUT2D eigenvalue weighted by atomic mass is 16.5. The summed E-state index contributed by atoms with van der Waals surface area (Å²) in [4.78, 5) is 34.9. The van der Waals surface area contributed by atoms with Crippen molar-refractivity contribution in [3.05, 3.63) is 59.2 Å². The van der Waals surface area contributed by atoms with Crippen molar-refractivity contribution >= 4 is 29.2 Å². The fourth-order valence-corrected chi connectivity index (χ4v) is 2.29. The molecule has 0 bridgehead atoms. The number of esters is 1. The molecule has 0 aliphatic rings. The minimum Gasteiger partial charge on any atom is -0.452 e. The topological polar surface area (TPSA) is 84.5 Å². The second kappa shape index (κ2) is 8.10. The molecule has 25 heavy (non-hydrogen) atoms. The molecule has 0 radical (unpaired) electrons. The lowest BCUT2D eigenvalue weighted by molar-refractivity contribution is -0.119. The normalized spacial score (nSPS) is 10.0. The van der Waals surface area contributed by atoms with Crippen LogP contribution >= 0.6 is 0 Å². The summed E-state index contributed by atoms with van der Waals surface area (Å²) >= 11 is 0. The van der Waals surface area contributed by atoms with Gasteiger partial charge in [0.15, 0.2) is 6.61 Å². The minimum absolute atomic E-state index is 0.171. The van der Waals surface area contributed by atoms with Gasteiger partial charge in [0.2, 0.25) is 5.91 Å². The molecule has 0 fully saturated rings. The first-order valence-corrected chi connectivity index (χ1v) is 7.77. The maximum Gasteiger partial charge on any atom is 0.338 e. The zero-order chi connectivity index (χ0) is 18.4. The van der Waals surface area contributed by atoms with E-state index in [0.717, 1.165) is 11.1 Å². The van der Waals surface area contributed by atoms with Gasteiger partial charge in [-0.3, -0.25) is 9.59 Å². The monoisotopic (exact) mass is 340 g/mol. The molecular formula is C19H20N2O4. The first kappa shape index (κ1) is 18.2. The number of rotatable bonds is 5. The Balaban J connectivity index is 1.87.